The first-order valence-corrected chi connectivity index (χ1v) is 6.85. The number of rotatable bonds is 3. The number of esters is 1. The summed E-state index contributed by atoms with van der Waals surface area (Å²) in [7, 11) is 0. The van der Waals surface area contributed by atoms with Crippen molar-refractivity contribution < 1.29 is 22.7 Å². The minimum absolute atomic E-state index is 0.0417. The second-order valence-corrected chi connectivity index (χ2v) is 5.11. The Morgan fingerprint density at radius 1 is 1.32 bits per heavy atom. The number of pyridine rings is 1. The lowest BCUT2D eigenvalue weighted by Gasteiger charge is -2.13. The van der Waals surface area contributed by atoms with Crippen molar-refractivity contribution in [3.63, 3.8) is 0 Å². The molecule has 0 spiro atoms. The number of halogens is 3. The van der Waals surface area contributed by atoms with Gasteiger partial charge in [-0.3, -0.25) is 4.79 Å². The number of benzene rings is 1. The van der Waals surface area contributed by atoms with E-state index in [1.54, 1.807) is 6.92 Å². The minimum atomic E-state index is -1.73. The van der Waals surface area contributed by atoms with E-state index >= 15 is 0 Å². The van der Waals surface area contributed by atoms with E-state index in [0.29, 0.717) is 0 Å². The summed E-state index contributed by atoms with van der Waals surface area (Å²) in [4.78, 5) is 24.1. The summed E-state index contributed by atoms with van der Waals surface area (Å²) in [5, 5.41) is -0.628. The smallest absolute Gasteiger partial charge is 0.343 e. The fourth-order valence-corrected chi connectivity index (χ4v) is 2.41. The molecule has 1 fully saturated rings. The average molecular weight is 311 g/mol. The molecule has 1 aliphatic rings. The molecule has 0 atom stereocenters. The standard InChI is InChI=1S/C15H12F3NO3/c1-2-22-15(21)8-6-19(7-3-4-7)10-5-9(16)12(17)13(18)11(10)14(8)20/h5-7H,2-4H2,1H3. The van der Waals surface area contributed by atoms with Gasteiger partial charge in [-0.25, -0.2) is 18.0 Å². The molecule has 0 aliphatic heterocycles. The number of ether oxygens (including phenoxy) is 1. The zero-order chi connectivity index (χ0) is 16.0. The predicted octanol–water partition coefficient (Wildman–Crippen LogP) is 2.93. The molecular weight excluding hydrogens is 299 g/mol. The summed E-state index contributed by atoms with van der Waals surface area (Å²) < 4.78 is 47.2. The van der Waals surface area contributed by atoms with Crippen molar-refractivity contribution in [1.82, 2.24) is 4.57 Å². The first-order valence-electron chi connectivity index (χ1n) is 6.85. The van der Waals surface area contributed by atoms with E-state index in [0.717, 1.165) is 18.9 Å². The first-order chi connectivity index (χ1) is 10.5. The number of hydrogen-bond donors (Lipinski definition) is 0. The normalized spacial score (nSPS) is 14.4. The van der Waals surface area contributed by atoms with Crippen molar-refractivity contribution in [1.29, 1.82) is 0 Å². The van der Waals surface area contributed by atoms with Gasteiger partial charge in [0.2, 0.25) is 5.43 Å². The van der Waals surface area contributed by atoms with Crippen LogP contribution in [0.2, 0.25) is 0 Å². The van der Waals surface area contributed by atoms with Gasteiger partial charge in [0, 0.05) is 18.3 Å². The van der Waals surface area contributed by atoms with E-state index in [4.69, 9.17) is 4.74 Å². The molecule has 3 rings (SSSR count). The van der Waals surface area contributed by atoms with Crippen LogP contribution < -0.4 is 5.43 Å². The Morgan fingerprint density at radius 3 is 2.59 bits per heavy atom. The molecule has 0 unspecified atom stereocenters. The summed E-state index contributed by atoms with van der Waals surface area (Å²) in [6.45, 7) is 1.61. The van der Waals surface area contributed by atoms with Crippen molar-refractivity contribution in [2.24, 2.45) is 0 Å². The molecule has 0 amide bonds. The largest absolute Gasteiger partial charge is 0.462 e. The lowest BCUT2D eigenvalue weighted by atomic mass is 10.1. The Balaban J connectivity index is 2.39. The minimum Gasteiger partial charge on any atom is -0.462 e. The van der Waals surface area contributed by atoms with E-state index in [2.05, 4.69) is 0 Å². The van der Waals surface area contributed by atoms with Crippen molar-refractivity contribution in [2.45, 2.75) is 25.8 Å². The Morgan fingerprint density at radius 2 is 2.00 bits per heavy atom. The third kappa shape index (κ3) is 2.17. The van der Waals surface area contributed by atoms with Gasteiger partial charge in [0.15, 0.2) is 17.5 Å². The van der Waals surface area contributed by atoms with Gasteiger partial charge in [-0.15, -0.1) is 0 Å². The number of carbonyl (C=O) groups is 1. The highest BCUT2D eigenvalue weighted by atomic mass is 19.2. The molecule has 1 aromatic heterocycles. The Labute approximate surface area is 123 Å². The van der Waals surface area contributed by atoms with Crippen molar-refractivity contribution in [3.8, 4) is 0 Å². The van der Waals surface area contributed by atoms with E-state index in [1.807, 2.05) is 0 Å². The molecule has 116 valence electrons. The van der Waals surface area contributed by atoms with Crippen molar-refractivity contribution in [2.75, 3.05) is 6.61 Å². The molecule has 2 aromatic rings. The first kappa shape index (κ1) is 14.6. The number of hydrogen-bond acceptors (Lipinski definition) is 3. The number of carbonyl (C=O) groups excluding carboxylic acids is 1. The maximum atomic E-state index is 14.0. The van der Waals surface area contributed by atoms with Crippen LogP contribution in [-0.2, 0) is 4.74 Å². The van der Waals surface area contributed by atoms with Crippen molar-refractivity contribution in [3.05, 3.63) is 45.5 Å². The summed E-state index contributed by atoms with van der Waals surface area (Å²) in [5.41, 5.74) is -1.44. The Hall–Kier alpha value is -2.31. The quantitative estimate of drug-likeness (QED) is 0.647. The summed E-state index contributed by atoms with van der Waals surface area (Å²) >= 11 is 0. The topological polar surface area (TPSA) is 48.3 Å². The molecule has 1 heterocycles. The Bertz CT molecular complexity index is 840. The van der Waals surface area contributed by atoms with Gasteiger partial charge < -0.3 is 9.30 Å². The lowest BCUT2D eigenvalue weighted by molar-refractivity contribution is 0.0524. The van der Waals surface area contributed by atoms with Crippen LogP contribution in [-0.4, -0.2) is 17.1 Å². The highest BCUT2D eigenvalue weighted by Crippen LogP contribution is 2.37. The number of aromatic nitrogens is 1. The van der Waals surface area contributed by atoms with Gasteiger partial charge >= 0.3 is 5.97 Å². The highest BCUT2D eigenvalue weighted by molar-refractivity contribution is 5.94. The molecule has 1 saturated carbocycles. The van der Waals surface area contributed by atoms with Gasteiger partial charge in [-0.1, -0.05) is 0 Å². The van der Waals surface area contributed by atoms with E-state index in [-0.39, 0.29) is 23.7 Å². The van der Waals surface area contributed by atoms with Gasteiger partial charge in [0.1, 0.15) is 5.56 Å². The second kappa shape index (κ2) is 5.15. The molecule has 0 saturated heterocycles. The third-order valence-electron chi connectivity index (χ3n) is 3.60. The molecule has 0 bridgehead atoms. The molecule has 1 aliphatic carbocycles. The third-order valence-corrected chi connectivity index (χ3v) is 3.60. The van der Waals surface area contributed by atoms with Crippen LogP contribution in [0.1, 0.15) is 36.2 Å². The van der Waals surface area contributed by atoms with Gasteiger partial charge in [-0.2, -0.15) is 0 Å². The highest BCUT2D eigenvalue weighted by Gasteiger charge is 2.29. The van der Waals surface area contributed by atoms with Crippen LogP contribution in [0.5, 0.6) is 0 Å². The SMILES string of the molecule is CCOC(=O)c1cn(C2CC2)c2cc(F)c(F)c(F)c2c1=O. The molecule has 4 nitrogen and oxygen atoms in total. The lowest BCUT2D eigenvalue weighted by Crippen LogP contribution is -2.22. The summed E-state index contributed by atoms with van der Waals surface area (Å²) in [5.74, 6) is -5.59. The van der Waals surface area contributed by atoms with Crippen LogP contribution in [0.3, 0.4) is 0 Å². The van der Waals surface area contributed by atoms with E-state index in [1.165, 1.54) is 10.8 Å². The maximum Gasteiger partial charge on any atom is 0.343 e. The predicted molar refractivity (Wildman–Crippen MR) is 72.3 cm³/mol. The van der Waals surface area contributed by atoms with E-state index < -0.39 is 34.2 Å². The number of nitrogens with zero attached hydrogens (tertiary/aromatic N) is 1. The van der Waals surface area contributed by atoms with Crippen LogP contribution >= 0.6 is 0 Å². The maximum absolute atomic E-state index is 14.0. The second-order valence-electron chi connectivity index (χ2n) is 5.11. The van der Waals surface area contributed by atoms with Crippen LogP contribution in [0.15, 0.2) is 17.1 Å². The zero-order valence-electron chi connectivity index (χ0n) is 11.7. The van der Waals surface area contributed by atoms with Crippen LogP contribution in [0.25, 0.3) is 10.9 Å². The van der Waals surface area contributed by atoms with E-state index in [9.17, 15) is 22.8 Å². The molecule has 1 aromatic carbocycles. The summed E-state index contributed by atoms with van der Waals surface area (Å²) in [6, 6.07) is 0.711. The van der Waals surface area contributed by atoms with Crippen molar-refractivity contribution >= 4 is 16.9 Å². The molecular formula is C15H12F3NO3. The molecule has 0 N–H and O–H groups in total. The monoisotopic (exact) mass is 311 g/mol. The fourth-order valence-electron chi connectivity index (χ4n) is 2.41. The van der Waals surface area contributed by atoms with Gasteiger partial charge in [0.25, 0.3) is 0 Å². The van der Waals surface area contributed by atoms with Crippen LogP contribution in [0, 0.1) is 17.5 Å². The molecule has 0 radical (unpaired) electrons. The molecule has 7 heteroatoms. The Kier molecular flexibility index (Phi) is 3.42. The average Bonchev–Trinajstić information content (AvgIpc) is 3.29. The van der Waals surface area contributed by atoms with Crippen LogP contribution in [0.4, 0.5) is 13.2 Å². The summed E-state index contributed by atoms with van der Waals surface area (Å²) in [6.07, 6.45) is 2.73. The zero-order valence-corrected chi connectivity index (χ0v) is 11.7. The fraction of sp³-hybridized carbons (Fsp3) is 0.333. The van der Waals surface area contributed by atoms with Gasteiger partial charge in [0.05, 0.1) is 17.5 Å². The number of fused-ring (bicyclic) bond motifs is 1. The van der Waals surface area contributed by atoms with Gasteiger partial charge in [-0.05, 0) is 19.8 Å². The molecule has 22 heavy (non-hydrogen) atoms.